The predicted octanol–water partition coefficient (Wildman–Crippen LogP) is 2.96. The van der Waals surface area contributed by atoms with Crippen LogP contribution in [0.4, 0.5) is 0 Å². The maximum absolute atomic E-state index is 3.49. The number of nitrogens with zero attached hydrogens (tertiary/aromatic N) is 2. The highest BCUT2D eigenvalue weighted by molar-refractivity contribution is 4.75. The van der Waals surface area contributed by atoms with Crippen LogP contribution >= 0.6 is 0 Å². The highest BCUT2D eigenvalue weighted by atomic mass is 15.3. The lowest BCUT2D eigenvalue weighted by Crippen LogP contribution is -2.49. The summed E-state index contributed by atoms with van der Waals surface area (Å²) in [4.78, 5) is 5.30. The van der Waals surface area contributed by atoms with E-state index in [1.807, 2.05) is 0 Å². The van der Waals surface area contributed by atoms with Gasteiger partial charge in [0.15, 0.2) is 0 Å². The molecule has 1 fully saturated rings. The van der Waals surface area contributed by atoms with Crippen molar-refractivity contribution in [2.45, 2.75) is 71.9 Å². The van der Waals surface area contributed by atoms with E-state index in [0.29, 0.717) is 6.04 Å². The topological polar surface area (TPSA) is 18.5 Å². The predicted molar refractivity (Wildman–Crippen MR) is 89.4 cm³/mol. The average Bonchev–Trinajstić information content (AvgIpc) is 2.45. The Balaban J connectivity index is 1.94. The Bertz CT molecular complexity index is 222. The summed E-state index contributed by atoms with van der Waals surface area (Å²) in [6.45, 7) is 16.7. The molecule has 1 aliphatic heterocycles. The Morgan fingerprint density at radius 1 is 0.900 bits per heavy atom. The van der Waals surface area contributed by atoms with E-state index in [0.717, 1.165) is 6.04 Å². The Hall–Kier alpha value is -0.120. The molecule has 0 aliphatic carbocycles. The highest BCUT2D eigenvalue weighted by Gasteiger charge is 2.19. The molecule has 0 spiro atoms. The standard InChI is InChI=1S/C17H37N3/c1-5-17(4)20-14-12-19(13-15-20)11-9-7-6-8-10-18-16(2)3/h16-18H,5-15H2,1-4H3. The molecule has 3 nitrogen and oxygen atoms in total. The number of piperazine rings is 1. The number of unbranched alkanes of at least 4 members (excludes halogenated alkanes) is 3. The molecule has 1 atom stereocenters. The van der Waals surface area contributed by atoms with Gasteiger partial charge in [0.25, 0.3) is 0 Å². The molecule has 0 bridgehead atoms. The van der Waals surface area contributed by atoms with Gasteiger partial charge in [-0.1, -0.05) is 33.6 Å². The summed E-state index contributed by atoms with van der Waals surface area (Å²) < 4.78 is 0. The van der Waals surface area contributed by atoms with Gasteiger partial charge in [0.1, 0.15) is 0 Å². The Labute approximate surface area is 127 Å². The third kappa shape index (κ3) is 7.61. The van der Waals surface area contributed by atoms with E-state index < -0.39 is 0 Å². The first-order valence-electron chi connectivity index (χ1n) is 8.83. The monoisotopic (exact) mass is 283 g/mol. The minimum Gasteiger partial charge on any atom is -0.315 e. The summed E-state index contributed by atoms with van der Waals surface area (Å²) in [6, 6.07) is 1.41. The molecule has 20 heavy (non-hydrogen) atoms. The van der Waals surface area contributed by atoms with Gasteiger partial charge in [-0.25, -0.2) is 0 Å². The first-order chi connectivity index (χ1) is 9.63. The first kappa shape index (κ1) is 17.9. The lowest BCUT2D eigenvalue weighted by Gasteiger charge is -2.37. The molecule has 0 radical (unpaired) electrons. The zero-order valence-corrected chi connectivity index (χ0v) is 14.3. The summed E-state index contributed by atoms with van der Waals surface area (Å²) in [5.41, 5.74) is 0. The maximum Gasteiger partial charge on any atom is 0.0113 e. The maximum atomic E-state index is 3.49. The van der Waals surface area contributed by atoms with Crippen molar-refractivity contribution in [3.05, 3.63) is 0 Å². The van der Waals surface area contributed by atoms with Gasteiger partial charge >= 0.3 is 0 Å². The lowest BCUT2D eigenvalue weighted by atomic mass is 10.1. The fourth-order valence-electron chi connectivity index (χ4n) is 2.89. The molecule has 1 unspecified atom stereocenters. The molecule has 0 aromatic heterocycles. The van der Waals surface area contributed by atoms with Crippen molar-refractivity contribution >= 4 is 0 Å². The molecule has 0 aromatic rings. The number of hydrogen-bond donors (Lipinski definition) is 1. The summed E-state index contributed by atoms with van der Waals surface area (Å²) in [5.74, 6) is 0. The van der Waals surface area contributed by atoms with Crippen molar-refractivity contribution in [1.82, 2.24) is 15.1 Å². The average molecular weight is 284 g/mol. The van der Waals surface area contributed by atoms with Gasteiger partial charge in [0, 0.05) is 38.3 Å². The van der Waals surface area contributed by atoms with E-state index >= 15 is 0 Å². The van der Waals surface area contributed by atoms with Crippen LogP contribution in [0.3, 0.4) is 0 Å². The Morgan fingerprint density at radius 3 is 2.15 bits per heavy atom. The van der Waals surface area contributed by atoms with Gasteiger partial charge in [-0.2, -0.15) is 0 Å². The van der Waals surface area contributed by atoms with E-state index in [4.69, 9.17) is 0 Å². The number of nitrogens with one attached hydrogen (secondary N) is 1. The highest BCUT2D eigenvalue weighted by Crippen LogP contribution is 2.10. The zero-order chi connectivity index (χ0) is 14.8. The second kappa shape index (κ2) is 10.6. The fourth-order valence-corrected chi connectivity index (χ4v) is 2.89. The van der Waals surface area contributed by atoms with E-state index in [-0.39, 0.29) is 0 Å². The van der Waals surface area contributed by atoms with Crippen molar-refractivity contribution in [1.29, 1.82) is 0 Å². The molecular formula is C17H37N3. The lowest BCUT2D eigenvalue weighted by molar-refractivity contribution is 0.0994. The van der Waals surface area contributed by atoms with Crippen LogP contribution in [-0.2, 0) is 0 Å². The number of rotatable bonds is 10. The summed E-state index contributed by atoms with van der Waals surface area (Å²) in [5, 5.41) is 3.49. The third-order valence-electron chi connectivity index (χ3n) is 4.57. The molecule has 0 saturated carbocycles. The quantitative estimate of drug-likeness (QED) is 0.622. The zero-order valence-electron chi connectivity index (χ0n) is 14.3. The molecule has 3 heteroatoms. The summed E-state index contributed by atoms with van der Waals surface area (Å²) in [7, 11) is 0. The largest absolute Gasteiger partial charge is 0.315 e. The van der Waals surface area contributed by atoms with Crippen LogP contribution in [0.1, 0.15) is 59.8 Å². The van der Waals surface area contributed by atoms with Crippen molar-refractivity contribution < 1.29 is 0 Å². The molecule has 1 rings (SSSR count). The Kier molecular flexibility index (Phi) is 9.49. The first-order valence-corrected chi connectivity index (χ1v) is 8.83. The van der Waals surface area contributed by atoms with E-state index in [2.05, 4.69) is 42.8 Å². The van der Waals surface area contributed by atoms with Crippen LogP contribution in [-0.4, -0.2) is 61.2 Å². The van der Waals surface area contributed by atoms with E-state index in [1.165, 1.54) is 71.4 Å². The molecule has 1 saturated heterocycles. The molecule has 0 aromatic carbocycles. The van der Waals surface area contributed by atoms with Crippen LogP contribution in [0.2, 0.25) is 0 Å². The van der Waals surface area contributed by atoms with Gasteiger partial charge in [0.05, 0.1) is 0 Å². The van der Waals surface area contributed by atoms with Gasteiger partial charge in [0.2, 0.25) is 0 Å². The van der Waals surface area contributed by atoms with Crippen molar-refractivity contribution in [3.63, 3.8) is 0 Å². The van der Waals surface area contributed by atoms with Gasteiger partial charge in [-0.05, 0) is 39.3 Å². The van der Waals surface area contributed by atoms with Gasteiger partial charge in [-0.3, -0.25) is 4.90 Å². The molecule has 1 heterocycles. The minimum atomic E-state index is 0.636. The van der Waals surface area contributed by atoms with Crippen LogP contribution in [0.5, 0.6) is 0 Å². The van der Waals surface area contributed by atoms with Crippen LogP contribution in [0, 0.1) is 0 Å². The fraction of sp³-hybridized carbons (Fsp3) is 1.00. The van der Waals surface area contributed by atoms with Gasteiger partial charge < -0.3 is 10.2 Å². The van der Waals surface area contributed by atoms with Crippen molar-refractivity contribution in [3.8, 4) is 0 Å². The molecule has 0 amide bonds. The second-order valence-electron chi connectivity index (χ2n) is 6.66. The Morgan fingerprint density at radius 2 is 1.55 bits per heavy atom. The van der Waals surface area contributed by atoms with E-state index in [9.17, 15) is 0 Å². The second-order valence-corrected chi connectivity index (χ2v) is 6.66. The van der Waals surface area contributed by atoms with Crippen LogP contribution < -0.4 is 5.32 Å². The smallest absolute Gasteiger partial charge is 0.0113 e. The molecular weight excluding hydrogens is 246 g/mol. The number of hydrogen-bond acceptors (Lipinski definition) is 3. The van der Waals surface area contributed by atoms with Crippen LogP contribution in [0.15, 0.2) is 0 Å². The SMILES string of the molecule is CCC(C)N1CCN(CCCCCCNC(C)C)CC1. The third-order valence-corrected chi connectivity index (χ3v) is 4.57. The molecule has 1 N–H and O–H groups in total. The minimum absolute atomic E-state index is 0.636. The molecule has 120 valence electrons. The molecule has 1 aliphatic rings. The summed E-state index contributed by atoms with van der Waals surface area (Å²) in [6.07, 6.45) is 6.77. The van der Waals surface area contributed by atoms with Gasteiger partial charge in [-0.15, -0.1) is 0 Å². The summed E-state index contributed by atoms with van der Waals surface area (Å²) >= 11 is 0. The van der Waals surface area contributed by atoms with Crippen molar-refractivity contribution in [2.75, 3.05) is 39.3 Å². The van der Waals surface area contributed by atoms with Crippen molar-refractivity contribution in [2.24, 2.45) is 0 Å². The van der Waals surface area contributed by atoms with E-state index in [1.54, 1.807) is 0 Å². The van der Waals surface area contributed by atoms with Crippen LogP contribution in [0.25, 0.3) is 0 Å². The normalized spacial score (nSPS) is 19.6.